The van der Waals surface area contributed by atoms with E-state index in [1.54, 1.807) is 12.4 Å². The van der Waals surface area contributed by atoms with Crippen LogP contribution >= 0.6 is 0 Å². The number of nitrogens with one attached hydrogen (secondary N) is 2. The fourth-order valence-electron chi connectivity index (χ4n) is 5.66. The predicted octanol–water partition coefficient (Wildman–Crippen LogP) is 5.04. The number of carbonyl (C=O) groups excluding carboxylic acids is 2. The van der Waals surface area contributed by atoms with Crippen LogP contribution in [0.2, 0.25) is 0 Å². The molecule has 0 aliphatic carbocycles. The second-order valence-corrected chi connectivity index (χ2v) is 10.8. The summed E-state index contributed by atoms with van der Waals surface area (Å²) in [7, 11) is 1.42. The highest BCUT2D eigenvalue weighted by Crippen LogP contribution is 2.26. The number of aromatic nitrogens is 1. The van der Waals surface area contributed by atoms with Crippen LogP contribution in [0.3, 0.4) is 0 Å². The Labute approximate surface area is 242 Å². The van der Waals surface area contributed by atoms with Crippen molar-refractivity contribution < 1.29 is 14.3 Å². The predicted molar refractivity (Wildman–Crippen MR) is 161 cm³/mol. The first-order valence-electron chi connectivity index (χ1n) is 14.5. The maximum absolute atomic E-state index is 13.4. The van der Waals surface area contributed by atoms with Crippen LogP contribution in [0, 0.1) is 17.2 Å². The number of likely N-dealkylation sites (tertiary alicyclic amines) is 1. The van der Waals surface area contributed by atoms with Crippen molar-refractivity contribution in [2.24, 2.45) is 17.6 Å². The number of methoxy groups -OCH3 is 1. The lowest BCUT2D eigenvalue weighted by molar-refractivity contribution is -0.146. The molecule has 41 heavy (non-hydrogen) atoms. The van der Waals surface area contributed by atoms with Gasteiger partial charge in [-0.2, -0.15) is 0 Å². The standard InChI is InChI=1S/C33H41N5O3/c1-41-32(40)29(11-5-9-25-18-21-38(22-19-25)33(34)35)30(17-12-24-7-3-2-4-8-24)37-31(39)27-15-13-26(14-16-27)28-10-6-20-36-23-28/h2-4,6-8,10,13-16,20,23,25,29-30H,5,9,11-12,17-19,21-22H2,1H3,(H3,34,35)(H,37,39)/t29-,30?/m1/s1. The molecular formula is C33H41N5O3. The van der Waals surface area contributed by atoms with Crippen molar-refractivity contribution in [1.29, 1.82) is 5.41 Å². The summed E-state index contributed by atoms with van der Waals surface area (Å²) in [5, 5.41) is 10.8. The summed E-state index contributed by atoms with van der Waals surface area (Å²) in [6.07, 6.45) is 9.37. The maximum Gasteiger partial charge on any atom is 0.310 e. The molecule has 4 rings (SSSR count). The molecule has 2 heterocycles. The largest absolute Gasteiger partial charge is 0.469 e. The minimum atomic E-state index is -0.445. The first kappa shape index (κ1) is 29.8. The summed E-state index contributed by atoms with van der Waals surface area (Å²) in [6.45, 7) is 1.60. The van der Waals surface area contributed by atoms with Crippen molar-refractivity contribution in [3.63, 3.8) is 0 Å². The number of carbonyl (C=O) groups is 2. The molecule has 0 saturated carbocycles. The van der Waals surface area contributed by atoms with E-state index in [2.05, 4.69) is 22.4 Å². The molecule has 1 amide bonds. The van der Waals surface area contributed by atoms with E-state index in [1.807, 2.05) is 59.5 Å². The van der Waals surface area contributed by atoms with Crippen LogP contribution in [0.4, 0.5) is 0 Å². The number of amides is 1. The molecule has 3 aromatic rings. The van der Waals surface area contributed by atoms with Crippen LogP contribution in [0.15, 0.2) is 79.1 Å². The van der Waals surface area contributed by atoms with Crippen LogP contribution in [-0.4, -0.2) is 54.0 Å². The molecule has 1 aliphatic rings. The topological polar surface area (TPSA) is 121 Å². The van der Waals surface area contributed by atoms with E-state index in [4.69, 9.17) is 15.9 Å². The molecule has 2 aromatic carbocycles. The van der Waals surface area contributed by atoms with Crippen LogP contribution in [0.25, 0.3) is 11.1 Å². The number of ether oxygens (including phenoxy) is 1. The van der Waals surface area contributed by atoms with Crippen molar-refractivity contribution in [1.82, 2.24) is 15.2 Å². The van der Waals surface area contributed by atoms with Gasteiger partial charge in [0.2, 0.25) is 0 Å². The van der Waals surface area contributed by atoms with Crippen molar-refractivity contribution in [3.05, 3.63) is 90.3 Å². The van der Waals surface area contributed by atoms with E-state index in [-0.39, 0.29) is 23.9 Å². The van der Waals surface area contributed by atoms with Gasteiger partial charge in [-0.1, -0.05) is 61.4 Å². The number of guanidine groups is 1. The number of pyridine rings is 1. The number of hydrogen-bond donors (Lipinski definition) is 3. The molecule has 1 aromatic heterocycles. The van der Waals surface area contributed by atoms with Crippen molar-refractivity contribution in [3.8, 4) is 11.1 Å². The van der Waals surface area contributed by atoms with Gasteiger partial charge in [-0.3, -0.25) is 20.0 Å². The summed E-state index contributed by atoms with van der Waals surface area (Å²) in [4.78, 5) is 32.6. The van der Waals surface area contributed by atoms with Gasteiger partial charge in [-0.05, 0) is 72.9 Å². The Morgan fingerprint density at radius 2 is 1.76 bits per heavy atom. The molecule has 2 atom stereocenters. The molecule has 0 spiro atoms. The Kier molecular flexibility index (Phi) is 10.9. The zero-order chi connectivity index (χ0) is 29.0. The van der Waals surface area contributed by atoms with Gasteiger partial charge in [0.25, 0.3) is 5.91 Å². The molecule has 8 nitrogen and oxygen atoms in total. The molecule has 1 unspecified atom stereocenters. The zero-order valence-corrected chi connectivity index (χ0v) is 23.8. The molecule has 0 radical (unpaired) electrons. The number of hydrogen-bond acceptors (Lipinski definition) is 5. The van der Waals surface area contributed by atoms with Crippen LogP contribution in [0.5, 0.6) is 0 Å². The Bertz CT molecular complexity index is 1260. The van der Waals surface area contributed by atoms with Crippen LogP contribution < -0.4 is 11.1 Å². The first-order valence-corrected chi connectivity index (χ1v) is 14.5. The van der Waals surface area contributed by atoms with E-state index < -0.39 is 5.92 Å². The monoisotopic (exact) mass is 555 g/mol. The smallest absolute Gasteiger partial charge is 0.310 e. The number of nitrogens with two attached hydrogens (primary N) is 1. The van der Waals surface area contributed by atoms with Crippen molar-refractivity contribution in [2.75, 3.05) is 20.2 Å². The maximum atomic E-state index is 13.4. The lowest BCUT2D eigenvalue weighted by atomic mass is 9.86. The first-order chi connectivity index (χ1) is 19.9. The molecule has 0 bridgehead atoms. The van der Waals surface area contributed by atoms with Gasteiger partial charge in [0.1, 0.15) is 0 Å². The van der Waals surface area contributed by atoms with Gasteiger partial charge >= 0.3 is 5.97 Å². The van der Waals surface area contributed by atoms with E-state index in [1.165, 1.54) is 7.11 Å². The van der Waals surface area contributed by atoms with Gasteiger partial charge in [-0.25, -0.2) is 0 Å². The Morgan fingerprint density at radius 3 is 2.39 bits per heavy atom. The summed E-state index contributed by atoms with van der Waals surface area (Å²) in [6, 6.07) is 21.1. The lowest BCUT2D eigenvalue weighted by Gasteiger charge is -2.32. The Morgan fingerprint density at radius 1 is 1.02 bits per heavy atom. The second kappa shape index (κ2) is 15.0. The average Bonchev–Trinajstić information content (AvgIpc) is 3.02. The van der Waals surface area contributed by atoms with E-state index in [0.29, 0.717) is 24.3 Å². The molecule has 1 aliphatic heterocycles. The number of aryl methyl sites for hydroxylation is 1. The fraction of sp³-hybridized carbons (Fsp3) is 0.394. The molecule has 8 heteroatoms. The summed E-state index contributed by atoms with van der Waals surface area (Å²) >= 11 is 0. The molecule has 216 valence electrons. The highest BCUT2D eigenvalue weighted by Gasteiger charge is 2.31. The van der Waals surface area contributed by atoms with Gasteiger partial charge < -0.3 is 20.7 Å². The number of benzene rings is 2. The highest BCUT2D eigenvalue weighted by atomic mass is 16.5. The summed E-state index contributed by atoms with van der Waals surface area (Å²) < 4.78 is 5.24. The minimum Gasteiger partial charge on any atom is -0.469 e. The van der Waals surface area contributed by atoms with Gasteiger partial charge in [0.05, 0.1) is 13.0 Å². The van der Waals surface area contributed by atoms with Crippen LogP contribution in [0.1, 0.15) is 54.4 Å². The fourth-order valence-corrected chi connectivity index (χ4v) is 5.66. The Hall–Kier alpha value is -4.20. The third-order valence-electron chi connectivity index (χ3n) is 8.12. The summed E-state index contributed by atoms with van der Waals surface area (Å²) in [5.74, 6) is -0.259. The van der Waals surface area contributed by atoms with E-state index in [9.17, 15) is 9.59 Å². The minimum absolute atomic E-state index is 0.137. The molecule has 1 fully saturated rings. The second-order valence-electron chi connectivity index (χ2n) is 10.8. The number of rotatable bonds is 12. The SMILES string of the molecule is COC(=O)[C@H](CCCC1CCN(C(=N)N)CC1)C(CCc1ccccc1)NC(=O)c1ccc(-c2cccnc2)cc1. The number of nitrogens with zero attached hydrogens (tertiary/aromatic N) is 2. The molecule has 1 saturated heterocycles. The normalized spacial score (nSPS) is 15.1. The molecular weight excluding hydrogens is 514 g/mol. The van der Waals surface area contributed by atoms with Crippen molar-refractivity contribution in [2.45, 2.75) is 51.0 Å². The average molecular weight is 556 g/mol. The quantitative estimate of drug-likeness (QED) is 0.163. The van der Waals surface area contributed by atoms with Gasteiger partial charge in [0, 0.05) is 37.1 Å². The summed E-state index contributed by atoms with van der Waals surface area (Å²) in [5.41, 5.74) is 9.31. The third kappa shape index (κ3) is 8.64. The highest BCUT2D eigenvalue weighted by molar-refractivity contribution is 5.95. The third-order valence-corrected chi connectivity index (χ3v) is 8.12. The van der Waals surface area contributed by atoms with Crippen molar-refractivity contribution >= 4 is 17.8 Å². The Balaban J connectivity index is 1.44. The van der Waals surface area contributed by atoms with Gasteiger partial charge in [0.15, 0.2) is 5.96 Å². The van der Waals surface area contributed by atoms with E-state index in [0.717, 1.165) is 61.9 Å². The molecule has 4 N–H and O–H groups in total. The number of esters is 1. The zero-order valence-electron chi connectivity index (χ0n) is 23.8. The number of piperidine rings is 1. The van der Waals surface area contributed by atoms with E-state index >= 15 is 0 Å². The lowest BCUT2D eigenvalue weighted by Crippen LogP contribution is -2.44. The van der Waals surface area contributed by atoms with Crippen LogP contribution in [-0.2, 0) is 16.0 Å². The van der Waals surface area contributed by atoms with Gasteiger partial charge in [-0.15, -0.1) is 0 Å².